The Morgan fingerprint density at radius 1 is 0.932 bits per heavy atom. The van der Waals surface area contributed by atoms with Gasteiger partial charge in [-0.05, 0) is 78.6 Å². The molecule has 1 saturated carbocycles. The second-order valence-electron chi connectivity index (χ2n) is 16.5. The zero-order valence-corrected chi connectivity index (χ0v) is 32.8. The molecule has 6 aromatic rings. The number of carboxylic acid groups (broad SMARTS) is 1. The Bertz CT molecular complexity index is 2730. The van der Waals surface area contributed by atoms with Crippen LogP contribution in [0.1, 0.15) is 68.5 Å². The summed E-state index contributed by atoms with van der Waals surface area (Å²) in [5, 5.41) is 24.0. The minimum atomic E-state index is -0.932. The molecule has 0 spiro atoms. The lowest BCUT2D eigenvalue weighted by atomic mass is 9.84. The maximum absolute atomic E-state index is 14.6. The van der Waals surface area contributed by atoms with Crippen LogP contribution in [0, 0.1) is 17.0 Å². The van der Waals surface area contributed by atoms with E-state index in [1.807, 2.05) is 26.8 Å². The van der Waals surface area contributed by atoms with Crippen molar-refractivity contribution in [2.75, 3.05) is 19.6 Å². The summed E-state index contributed by atoms with van der Waals surface area (Å²) in [5.74, 6) is -1.60. The number of carbonyl (C=O) groups is 2. The number of aromatic hydroxyl groups is 1. The number of fused-ring (bicyclic) bond motifs is 2. The summed E-state index contributed by atoms with van der Waals surface area (Å²) in [6.45, 7) is 8.08. The molecule has 1 unspecified atom stereocenters. The molecule has 0 radical (unpaired) electrons. The third-order valence-electron chi connectivity index (χ3n) is 11.5. The van der Waals surface area contributed by atoms with Crippen molar-refractivity contribution in [3.63, 3.8) is 0 Å². The topological polar surface area (TPSA) is 167 Å². The van der Waals surface area contributed by atoms with Gasteiger partial charge in [0.2, 0.25) is 0 Å². The number of benzene rings is 2. The first-order chi connectivity index (χ1) is 28.1. The van der Waals surface area contributed by atoms with Crippen LogP contribution in [0.4, 0.5) is 13.6 Å². The van der Waals surface area contributed by atoms with Crippen molar-refractivity contribution in [1.29, 1.82) is 0 Å². The fraction of sp³-hybridized carbons (Fsp3) is 0.349. The summed E-state index contributed by atoms with van der Waals surface area (Å²) in [4.78, 5) is 65.5. The average Bonchev–Trinajstić information content (AvgIpc) is 3.62. The van der Waals surface area contributed by atoms with Gasteiger partial charge in [-0.15, -0.1) is 0 Å². The SMILES string of the molecule is CC(C)(C)C1CN(Cc2ccc(-c3cccc(-n4c(=O)n([C@H]5CC[C@@H](NC(=O)c6cn7cc(F)ccc7n6)CC5)c(=O)c5cc(F)cnc54)c3)c(O)c2)CCN1C(=O)O. The Morgan fingerprint density at radius 2 is 1.71 bits per heavy atom. The summed E-state index contributed by atoms with van der Waals surface area (Å²) in [5.41, 5.74) is 1.25. The van der Waals surface area contributed by atoms with E-state index in [0.29, 0.717) is 74.3 Å². The standard InChI is InChI=1S/C43H44F2N8O6/c1-43(2,3)36-24-49(15-16-51(36)42(58)59)21-25-7-13-32(35(54)17-25)26-5-4-6-31(18-26)52-38-33(19-28(45)20-46-38)40(56)53(41(52)57)30-11-9-29(10-12-30)47-39(55)34-23-50-22-27(44)8-14-37(50)48-34/h4-8,13-14,17-20,22-23,29-30,36,54H,9-12,15-16,21,24H2,1-3H3,(H,47,55)(H,58,59)/t29-,30+,36?. The van der Waals surface area contributed by atoms with E-state index in [-0.39, 0.29) is 40.0 Å². The summed E-state index contributed by atoms with van der Waals surface area (Å²) < 4.78 is 32.2. The molecular weight excluding hydrogens is 763 g/mol. The first-order valence-corrected chi connectivity index (χ1v) is 19.6. The highest BCUT2D eigenvalue weighted by Crippen LogP contribution is 2.34. The van der Waals surface area contributed by atoms with Crippen molar-refractivity contribution in [3.05, 3.63) is 123 Å². The Kier molecular flexibility index (Phi) is 10.3. The number of nitrogens with zero attached hydrogens (tertiary/aromatic N) is 7. The molecular formula is C43H44F2N8O6. The van der Waals surface area contributed by atoms with Crippen molar-refractivity contribution in [2.45, 2.75) is 71.1 Å². The molecule has 8 rings (SSSR count). The van der Waals surface area contributed by atoms with Crippen molar-refractivity contribution in [1.82, 2.24) is 38.6 Å². The van der Waals surface area contributed by atoms with Crippen molar-refractivity contribution < 1.29 is 28.6 Å². The Labute approximate surface area is 337 Å². The summed E-state index contributed by atoms with van der Waals surface area (Å²) in [7, 11) is 0. The first-order valence-electron chi connectivity index (χ1n) is 19.6. The highest BCUT2D eigenvalue weighted by molar-refractivity contribution is 5.93. The summed E-state index contributed by atoms with van der Waals surface area (Å²) in [6.07, 6.45) is 4.35. The van der Waals surface area contributed by atoms with Crippen LogP contribution in [0.2, 0.25) is 0 Å². The predicted octanol–water partition coefficient (Wildman–Crippen LogP) is 5.97. The van der Waals surface area contributed by atoms with Gasteiger partial charge in [0, 0.05) is 56.2 Å². The van der Waals surface area contributed by atoms with E-state index in [1.54, 1.807) is 36.4 Å². The molecule has 4 aromatic heterocycles. The van der Waals surface area contributed by atoms with Crippen molar-refractivity contribution in [3.8, 4) is 22.6 Å². The van der Waals surface area contributed by atoms with Gasteiger partial charge in [-0.3, -0.25) is 19.1 Å². The number of imidazole rings is 1. The number of amides is 2. The normalized spacial score (nSPS) is 19.0. The van der Waals surface area contributed by atoms with Crippen LogP contribution in [0.3, 0.4) is 0 Å². The van der Waals surface area contributed by atoms with Crippen LogP contribution in [0.25, 0.3) is 33.5 Å². The molecule has 5 heterocycles. The number of carbonyl (C=O) groups excluding carboxylic acids is 1. The maximum Gasteiger partial charge on any atom is 0.407 e. The number of halogens is 2. The fourth-order valence-electron chi connectivity index (χ4n) is 8.49. The van der Waals surface area contributed by atoms with Gasteiger partial charge >= 0.3 is 11.8 Å². The lowest BCUT2D eigenvalue weighted by molar-refractivity contribution is 0.0190. The minimum Gasteiger partial charge on any atom is -0.507 e. The van der Waals surface area contributed by atoms with E-state index < -0.39 is 40.9 Å². The summed E-state index contributed by atoms with van der Waals surface area (Å²) >= 11 is 0. The lowest BCUT2D eigenvalue weighted by Gasteiger charge is -2.46. The van der Waals surface area contributed by atoms with Crippen LogP contribution >= 0.6 is 0 Å². The largest absolute Gasteiger partial charge is 0.507 e. The fourth-order valence-corrected chi connectivity index (χ4v) is 8.49. The second kappa shape index (κ2) is 15.4. The molecule has 1 aliphatic carbocycles. The van der Waals surface area contributed by atoms with Crippen molar-refractivity contribution >= 4 is 28.7 Å². The van der Waals surface area contributed by atoms with Gasteiger partial charge in [0.05, 0.1) is 23.3 Å². The third-order valence-corrected chi connectivity index (χ3v) is 11.5. The monoisotopic (exact) mass is 806 g/mol. The van der Waals surface area contributed by atoms with Gasteiger partial charge in [0.1, 0.15) is 28.7 Å². The van der Waals surface area contributed by atoms with E-state index in [0.717, 1.165) is 22.4 Å². The average molecular weight is 807 g/mol. The number of phenolic OH excluding ortho intramolecular Hbond substituents is 1. The second-order valence-corrected chi connectivity index (χ2v) is 16.5. The first kappa shape index (κ1) is 39.4. The Morgan fingerprint density at radius 3 is 2.44 bits per heavy atom. The van der Waals surface area contributed by atoms with Gasteiger partial charge in [-0.2, -0.15) is 0 Å². The molecule has 16 heteroatoms. The molecule has 1 atom stereocenters. The molecule has 1 aliphatic heterocycles. The van der Waals surface area contributed by atoms with Crippen LogP contribution in [-0.2, 0) is 6.54 Å². The van der Waals surface area contributed by atoms with Crippen LogP contribution < -0.4 is 16.6 Å². The number of nitrogens with one attached hydrogen (secondary N) is 1. The number of rotatable bonds is 7. The van der Waals surface area contributed by atoms with E-state index in [1.165, 1.54) is 38.4 Å². The number of hydrogen-bond donors (Lipinski definition) is 3. The molecule has 2 aromatic carbocycles. The number of piperazine rings is 1. The smallest absolute Gasteiger partial charge is 0.407 e. The molecule has 2 amide bonds. The zero-order valence-electron chi connectivity index (χ0n) is 32.8. The van der Waals surface area contributed by atoms with Crippen LogP contribution in [0.15, 0.2) is 88.8 Å². The molecule has 14 nitrogen and oxygen atoms in total. The van der Waals surface area contributed by atoms with Gasteiger partial charge in [0.15, 0.2) is 5.65 Å². The highest BCUT2D eigenvalue weighted by Gasteiger charge is 2.38. The molecule has 1 saturated heterocycles. The van der Waals surface area contributed by atoms with Crippen molar-refractivity contribution in [2.24, 2.45) is 5.41 Å². The Hall–Kier alpha value is -6.42. The van der Waals surface area contributed by atoms with E-state index in [9.17, 15) is 38.2 Å². The van der Waals surface area contributed by atoms with Gasteiger partial charge < -0.3 is 24.8 Å². The van der Waals surface area contributed by atoms with Gasteiger partial charge in [-0.1, -0.05) is 45.0 Å². The molecule has 306 valence electrons. The molecule has 0 bridgehead atoms. The number of aromatic nitrogens is 5. The number of phenols is 1. The van der Waals surface area contributed by atoms with Gasteiger partial charge in [-0.25, -0.2) is 32.9 Å². The van der Waals surface area contributed by atoms with Gasteiger partial charge in [0.25, 0.3) is 11.5 Å². The molecule has 2 aliphatic rings. The highest BCUT2D eigenvalue weighted by atomic mass is 19.1. The van der Waals surface area contributed by atoms with E-state index in [4.69, 9.17) is 0 Å². The number of hydrogen-bond acceptors (Lipinski definition) is 8. The lowest BCUT2D eigenvalue weighted by Crippen LogP contribution is -2.59. The molecule has 3 N–H and O–H groups in total. The third kappa shape index (κ3) is 7.79. The van der Waals surface area contributed by atoms with E-state index >= 15 is 0 Å². The predicted molar refractivity (Wildman–Crippen MR) is 216 cm³/mol. The number of pyridine rings is 2. The quantitative estimate of drug-likeness (QED) is 0.176. The van der Waals surface area contributed by atoms with Crippen LogP contribution in [0.5, 0.6) is 5.75 Å². The summed E-state index contributed by atoms with van der Waals surface area (Å²) in [6, 6.07) is 15.1. The Balaban J connectivity index is 1.04. The minimum absolute atomic E-state index is 0.0116. The maximum atomic E-state index is 14.6. The zero-order chi connectivity index (χ0) is 41.7. The van der Waals surface area contributed by atoms with Crippen LogP contribution in [-0.4, -0.2) is 87.2 Å². The van der Waals surface area contributed by atoms with E-state index in [2.05, 4.69) is 20.2 Å². The molecule has 59 heavy (non-hydrogen) atoms. The molecule has 2 fully saturated rings.